The number of carboxylic acid groups (broad SMARTS) is 1. The van der Waals surface area contributed by atoms with Gasteiger partial charge in [-0.3, -0.25) is 19.3 Å². The Morgan fingerprint density at radius 2 is 1.51 bits per heavy atom. The van der Waals surface area contributed by atoms with Gasteiger partial charge in [-0.15, -0.1) is 0 Å². The maximum Gasteiger partial charge on any atom is 0.410 e. The molecule has 6 aliphatic rings. The van der Waals surface area contributed by atoms with Gasteiger partial charge >= 0.3 is 18.0 Å². The number of carbonyl (C=O) groups is 4. The molecule has 9 atom stereocenters. The summed E-state index contributed by atoms with van der Waals surface area (Å²) in [6.45, 7) is 27.8. The topological polar surface area (TPSA) is 134 Å². The number of likely N-dealkylation sites (N-methyl/N-ethyl adjacent to an activating group) is 1. The standard InChI is InChI=1S/C49H80N2O8/c1-30(2)39-33(52)26-49(36(53)29-51(28-31-14-15-31)25-24-50(13)42(57)59-43(3,4)5)23-22-47(11)32(40(39)49)16-17-35-46(10)20-19-37(58-38(54)27-44(6,7)41(55)56)45(8,9)34(46)18-21-48(35,47)12/h30-32,34-37,53H,14-29H2,1-13H3,(H,55,56). The Balaban J connectivity index is 1.25. The Labute approximate surface area is 356 Å². The second-order valence-corrected chi connectivity index (χ2v) is 23.7. The summed E-state index contributed by atoms with van der Waals surface area (Å²) >= 11 is 0. The zero-order chi connectivity index (χ0) is 43.9. The van der Waals surface area contributed by atoms with Crippen LogP contribution in [0.2, 0.25) is 0 Å². The molecule has 0 heterocycles. The van der Waals surface area contributed by atoms with E-state index in [1.807, 2.05) is 20.8 Å². The van der Waals surface area contributed by atoms with Crippen LogP contribution in [-0.2, 0) is 23.9 Å². The minimum Gasteiger partial charge on any atom is -0.481 e. The number of fused-ring (bicyclic) bond motifs is 7. The van der Waals surface area contributed by atoms with Crippen LogP contribution in [0.1, 0.15) is 160 Å². The molecule has 0 radical (unpaired) electrons. The molecule has 10 heteroatoms. The van der Waals surface area contributed by atoms with Crippen molar-refractivity contribution >= 4 is 23.8 Å². The van der Waals surface area contributed by atoms with E-state index in [0.717, 1.165) is 63.5 Å². The van der Waals surface area contributed by atoms with Crippen LogP contribution < -0.4 is 0 Å². The molecule has 1 amide bonds. The zero-order valence-corrected chi connectivity index (χ0v) is 39.1. The number of aliphatic hydroxyl groups excluding tert-OH is 1. The average Bonchev–Trinajstić information content (AvgIpc) is 3.86. The number of ketones is 1. The molecule has 5 saturated carbocycles. The molecule has 2 N–H and O–H groups in total. The number of rotatable bonds is 13. The lowest BCUT2D eigenvalue weighted by molar-refractivity contribution is -0.235. The second kappa shape index (κ2) is 15.7. The third-order valence-corrected chi connectivity index (χ3v) is 17.6. The third kappa shape index (κ3) is 8.18. The van der Waals surface area contributed by atoms with Gasteiger partial charge in [0.2, 0.25) is 0 Å². The predicted molar refractivity (Wildman–Crippen MR) is 229 cm³/mol. The lowest BCUT2D eigenvalue weighted by Crippen LogP contribution is -2.66. The van der Waals surface area contributed by atoms with Crippen molar-refractivity contribution in [3.8, 4) is 0 Å². The Hall–Kier alpha value is -2.46. The van der Waals surface area contributed by atoms with Crippen LogP contribution in [-0.4, -0.2) is 94.9 Å². The molecule has 0 aromatic carbocycles. The van der Waals surface area contributed by atoms with Gasteiger partial charge in [-0.05, 0) is 150 Å². The summed E-state index contributed by atoms with van der Waals surface area (Å²) in [6.07, 6.45) is 8.99. The molecular formula is C49H80N2O8. The monoisotopic (exact) mass is 825 g/mol. The number of aliphatic carboxylic acids is 1. The first kappa shape index (κ1) is 46.1. The highest BCUT2D eigenvalue weighted by Gasteiger charge is 2.71. The first-order valence-electron chi connectivity index (χ1n) is 23.2. The summed E-state index contributed by atoms with van der Waals surface area (Å²) in [6, 6.07) is 0. The lowest BCUT2D eigenvalue weighted by Gasteiger charge is -2.72. The molecule has 0 aromatic heterocycles. The van der Waals surface area contributed by atoms with E-state index >= 15 is 0 Å². The predicted octanol–water partition coefficient (Wildman–Crippen LogP) is 9.32. The van der Waals surface area contributed by atoms with Crippen LogP contribution in [0, 0.1) is 62.1 Å². The fraction of sp³-hybridized carbons (Fsp3) is 0.878. The number of allylic oxidation sites excluding steroid dienone is 1. The van der Waals surface area contributed by atoms with Gasteiger partial charge in [0.15, 0.2) is 5.78 Å². The summed E-state index contributed by atoms with van der Waals surface area (Å²) in [5.41, 5.74) is -0.316. The van der Waals surface area contributed by atoms with Gasteiger partial charge < -0.3 is 24.6 Å². The molecule has 0 bridgehead atoms. The van der Waals surface area contributed by atoms with E-state index < -0.39 is 34.5 Å². The number of Topliss-reactive ketones (excluding diaryl/α,β-unsaturated/α-hetero) is 1. The van der Waals surface area contributed by atoms with E-state index in [1.54, 1.807) is 25.8 Å². The van der Waals surface area contributed by atoms with Crippen molar-refractivity contribution < 1.29 is 38.9 Å². The number of hydrogen-bond acceptors (Lipinski definition) is 8. The second-order valence-electron chi connectivity index (χ2n) is 23.7. The van der Waals surface area contributed by atoms with E-state index in [4.69, 9.17) is 9.47 Å². The fourth-order valence-electron chi connectivity index (χ4n) is 14.0. The van der Waals surface area contributed by atoms with Gasteiger partial charge in [-0.1, -0.05) is 54.0 Å². The smallest absolute Gasteiger partial charge is 0.410 e. The van der Waals surface area contributed by atoms with Crippen molar-refractivity contribution in [1.29, 1.82) is 0 Å². The molecule has 59 heavy (non-hydrogen) atoms. The van der Waals surface area contributed by atoms with Crippen molar-refractivity contribution in [2.75, 3.05) is 33.2 Å². The van der Waals surface area contributed by atoms with Crippen LogP contribution in [0.15, 0.2) is 11.1 Å². The fourth-order valence-corrected chi connectivity index (χ4v) is 14.0. The van der Waals surface area contributed by atoms with Crippen molar-refractivity contribution in [2.24, 2.45) is 62.1 Å². The number of nitrogens with zero attached hydrogens (tertiary/aromatic N) is 2. The van der Waals surface area contributed by atoms with Crippen molar-refractivity contribution in [2.45, 2.75) is 178 Å². The molecule has 10 nitrogen and oxygen atoms in total. The molecule has 334 valence electrons. The molecule has 0 aromatic rings. The van der Waals surface area contributed by atoms with E-state index in [-0.39, 0.29) is 57.9 Å². The number of amides is 1. The summed E-state index contributed by atoms with van der Waals surface area (Å²) in [4.78, 5) is 56.1. The van der Waals surface area contributed by atoms with Gasteiger partial charge in [0.25, 0.3) is 0 Å². The lowest BCUT2D eigenvalue weighted by atomic mass is 9.33. The van der Waals surface area contributed by atoms with Crippen molar-refractivity contribution in [1.82, 2.24) is 9.80 Å². The van der Waals surface area contributed by atoms with Gasteiger partial charge in [0.05, 0.1) is 17.9 Å². The van der Waals surface area contributed by atoms with Crippen molar-refractivity contribution in [3.05, 3.63) is 11.1 Å². The molecule has 0 saturated heterocycles. The SMILES string of the molecule is CC(C)C1=C2C3CCC4C5(C)CCC(OC(=O)CC(C)(C)C(=O)O)C(C)(C)C5CCC4(C)C3(C)CCC2(C(O)CN(CCN(C)C(=O)OC(C)(C)C)CC2CC2)CC1=O. The first-order chi connectivity index (χ1) is 27.1. The molecular weight excluding hydrogens is 745 g/mol. The highest BCUT2D eigenvalue weighted by Crippen LogP contribution is 2.77. The largest absolute Gasteiger partial charge is 0.481 e. The van der Waals surface area contributed by atoms with E-state index in [0.29, 0.717) is 43.8 Å². The maximum absolute atomic E-state index is 14.3. The average molecular weight is 825 g/mol. The van der Waals surface area contributed by atoms with Gasteiger partial charge in [-0.2, -0.15) is 0 Å². The van der Waals surface area contributed by atoms with Crippen LogP contribution in [0.3, 0.4) is 0 Å². The quantitative estimate of drug-likeness (QED) is 0.174. The third-order valence-electron chi connectivity index (χ3n) is 17.6. The zero-order valence-electron chi connectivity index (χ0n) is 39.1. The summed E-state index contributed by atoms with van der Waals surface area (Å²) in [5.74, 6) is 0.518. The number of carboxylic acids is 1. The van der Waals surface area contributed by atoms with E-state index in [2.05, 4.69) is 53.4 Å². The number of hydrogen-bond donors (Lipinski definition) is 2. The summed E-state index contributed by atoms with van der Waals surface area (Å²) in [5, 5.41) is 22.3. The normalized spacial score (nSPS) is 36.0. The molecule has 6 rings (SSSR count). The van der Waals surface area contributed by atoms with Crippen LogP contribution in [0.25, 0.3) is 0 Å². The van der Waals surface area contributed by atoms with E-state index in [1.165, 1.54) is 18.4 Å². The summed E-state index contributed by atoms with van der Waals surface area (Å²) < 4.78 is 11.8. The van der Waals surface area contributed by atoms with Gasteiger partial charge in [-0.25, -0.2) is 4.79 Å². The molecule has 6 aliphatic carbocycles. The minimum atomic E-state index is -1.18. The number of esters is 1. The molecule has 0 aliphatic heterocycles. The minimum absolute atomic E-state index is 0.0222. The molecule has 0 spiro atoms. The molecule has 9 unspecified atom stereocenters. The van der Waals surface area contributed by atoms with Crippen LogP contribution >= 0.6 is 0 Å². The van der Waals surface area contributed by atoms with E-state index in [9.17, 15) is 29.4 Å². The first-order valence-corrected chi connectivity index (χ1v) is 23.2. The maximum atomic E-state index is 14.3. The van der Waals surface area contributed by atoms with Gasteiger partial charge in [0, 0.05) is 50.5 Å². The van der Waals surface area contributed by atoms with Crippen molar-refractivity contribution in [3.63, 3.8) is 0 Å². The van der Waals surface area contributed by atoms with Gasteiger partial charge in [0.1, 0.15) is 11.7 Å². The van der Waals surface area contributed by atoms with Crippen LogP contribution in [0.5, 0.6) is 0 Å². The number of carbonyl (C=O) groups excluding carboxylic acids is 3. The highest BCUT2D eigenvalue weighted by molar-refractivity contribution is 6.00. The Bertz CT molecular complexity index is 1690. The molecule has 5 fully saturated rings. The Kier molecular flexibility index (Phi) is 12.3. The summed E-state index contributed by atoms with van der Waals surface area (Å²) in [7, 11) is 1.78. The highest BCUT2D eigenvalue weighted by atomic mass is 16.6. The number of ether oxygens (including phenoxy) is 2. The number of aliphatic hydroxyl groups is 1. The van der Waals surface area contributed by atoms with Crippen LogP contribution in [0.4, 0.5) is 4.79 Å². The Morgan fingerprint density at radius 3 is 2.10 bits per heavy atom. The Morgan fingerprint density at radius 1 is 0.847 bits per heavy atom.